The third-order valence-electron chi connectivity index (χ3n) is 3.78. The first-order valence-electron chi connectivity index (χ1n) is 7.61. The molecule has 1 aliphatic rings. The van der Waals surface area contributed by atoms with E-state index in [0.29, 0.717) is 26.2 Å². The van der Waals surface area contributed by atoms with Gasteiger partial charge in [0.15, 0.2) is 0 Å². The van der Waals surface area contributed by atoms with Crippen LogP contribution in [-0.2, 0) is 10.0 Å². The molecule has 0 N–H and O–H groups in total. The fourth-order valence-electron chi connectivity index (χ4n) is 2.47. The number of rotatable bonds is 2. The SMILES string of the molecule is CS(=O)(=O)N1CCN(c2ccc(C#Cc3ccccn3)cn2)CC1. The lowest BCUT2D eigenvalue weighted by atomic mass is 10.2. The molecule has 0 saturated carbocycles. The van der Waals surface area contributed by atoms with Crippen LogP contribution >= 0.6 is 0 Å². The van der Waals surface area contributed by atoms with Crippen LogP contribution in [-0.4, -0.2) is 55.1 Å². The van der Waals surface area contributed by atoms with Crippen LogP contribution in [0.15, 0.2) is 42.7 Å². The van der Waals surface area contributed by atoms with Gasteiger partial charge in [0.2, 0.25) is 10.0 Å². The average Bonchev–Trinajstić information content (AvgIpc) is 2.61. The maximum Gasteiger partial charge on any atom is 0.211 e. The van der Waals surface area contributed by atoms with Crippen molar-refractivity contribution in [2.45, 2.75) is 0 Å². The summed E-state index contributed by atoms with van der Waals surface area (Å²) in [4.78, 5) is 10.7. The molecule has 6 nitrogen and oxygen atoms in total. The molecule has 2 aromatic heterocycles. The minimum atomic E-state index is -3.11. The molecule has 0 spiro atoms. The molecule has 3 rings (SSSR count). The van der Waals surface area contributed by atoms with E-state index in [1.165, 1.54) is 10.6 Å². The van der Waals surface area contributed by atoms with Gasteiger partial charge in [0.1, 0.15) is 11.5 Å². The number of hydrogen-bond acceptors (Lipinski definition) is 5. The first kappa shape index (κ1) is 16.4. The van der Waals surface area contributed by atoms with Gasteiger partial charge in [-0.25, -0.2) is 18.4 Å². The second kappa shape index (κ2) is 6.99. The van der Waals surface area contributed by atoms with Crippen molar-refractivity contribution < 1.29 is 8.42 Å². The fraction of sp³-hybridized carbons (Fsp3) is 0.294. The molecular weight excluding hydrogens is 324 g/mol. The summed E-state index contributed by atoms with van der Waals surface area (Å²) in [5, 5.41) is 0. The summed E-state index contributed by atoms with van der Waals surface area (Å²) >= 11 is 0. The van der Waals surface area contributed by atoms with Gasteiger partial charge < -0.3 is 4.90 Å². The summed E-state index contributed by atoms with van der Waals surface area (Å²) in [5.74, 6) is 6.87. The maximum absolute atomic E-state index is 11.5. The highest BCUT2D eigenvalue weighted by atomic mass is 32.2. The number of aromatic nitrogens is 2. The number of hydrogen-bond donors (Lipinski definition) is 0. The minimum absolute atomic E-state index is 0.488. The fourth-order valence-corrected chi connectivity index (χ4v) is 3.30. The maximum atomic E-state index is 11.5. The van der Waals surface area contributed by atoms with E-state index < -0.39 is 10.0 Å². The molecule has 3 heterocycles. The molecule has 0 atom stereocenters. The molecule has 0 unspecified atom stereocenters. The Hall–Kier alpha value is -2.43. The molecular formula is C17H18N4O2S. The van der Waals surface area contributed by atoms with Crippen molar-refractivity contribution in [2.24, 2.45) is 0 Å². The highest BCUT2D eigenvalue weighted by Crippen LogP contribution is 2.15. The van der Waals surface area contributed by atoms with E-state index in [0.717, 1.165) is 17.1 Å². The van der Waals surface area contributed by atoms with E-state index in [-0.39, 0.29) is 0 Å². The van der Waals surface area contributed by atoms with Crippen LogP contribution in [0.2, 0.25) is 0 Å². The molecule has 0 aliphatic carbocycles. The largest absolute Gasteiger partial charge is 0.354 e. The Labute approximate surface area is 142 Å². The highest BCUT2D eigenvalue weighted by molar-refractivity contribution is 7.88. The Kier molecular flexibility index (Phi) is 4.79. The van der Waals surface area contributed by atoms with Crippen molar-refractivity contribution in [3.05, 3.63) is 54.0 Å². The summed E-state index contributed by atoms with van der Waals surface area (Å²) < 4.78 is 24.6. The van der Waals surface area contributed by atoms with E-state index >= 15 is 0 Å². The summed E-state index contributed by atoms with van der Waals surface area (Å²) in [7, 11) is -3.11. The van der Waals surface area contributed by atoms with Gasteiger partial charge in [0.05, 0.1) is 6.26 Å². The molecule has 1 aliphatic heterocycles. The van der Waals surface area contributed by atoms with Crippen molar-refractivity contribution >= 4 is 15.8 Å². The van der Waals surface area contributed by atoms with Gasteiger partial charge >= 0.3 is 0 Å². The predicted molar refractivity (Wildman–Crippen MR) is 93.1 cm³/mol. The van der Waals surface area contributed by atoms with Gasteiger partial charge in [-0.15, -0.1) is 0 Å². The zero-order chi connectivity index (χ0) is 17.0. The smallest absolute Gasteiger partial charge is 0.211 e. The quantitative estimate of drug-likeness (QED) is 0.761. The molecule has 0 aromatic carbocycles. The number of piperazine rings is 1. The van der Waals surface area contributed by atoms with Gasteiger partial charge in [-0.1, -0.05) is 12.0 Å². The average molecular weight is 342 g/mol. The van der Waals surface area contributed by atoms with Crippen LogP contribution in [0.5, 0.6) is 0 Å². The Morgan fingerprint density at radius 3 is 2.38 bits per heavy atom. The molecule has 0 bridgehead atoms. The lowest BCUT2D eigenvalue weighted by Crippen LogP contribution is -2.48. The Balaban J connectivity index is 1.65. The molecule has 124 valence electrons. The van der Waals surface area contributed by atoms with E-state index in [9.17, 15) is 8.42 Å². The normalized spacial score (nSPS) is 15.6. The van der Waals surface area contributed by atoms with Crippen molar-refractivity contribution in [2.75, 3.05) is 37.3 Å². The molecule has 7 heteroatoms. The van der Waals surface area contributed by atoms with Crippen LogP contribution in [0.4, 0.5) is 5.82 Å². The Bertz CT molecular complexity index is 847. The number of nitrogens with zero attached hydrogens (tertiary/aromatic N) is 4. The highest BCUT2D eigenvalue weighted by Gasteiger charge is 2.23. The molecule has 0 amide bonds. The standard InChI is InChI=1S/C17H18N4O2S/c1-24(22,23)21-12-10-20(11-13-21)17-8-6-15(14-19-17)5-7-16-4-2-3-9-18-16/h2-4,6,8-9,14H,10-13H2,1H3. The summed E-state index contributed by atoms with van der Waals surface area (Å²) in [5.41, 5.74) is 1.54. The van der Waals surface area contributed by atoms with Crippen LogP contribution in [0.25, 0.3) is 0 Å². The number of sulfonamides is 1. The lowest BCUT2D eigenvalue weighted by Gasteiger charge is -2.33. The second-order valence-corrected chi connectivity index (χ2v) is 7.50. The zero-order valence-electron chi connectivity index (χ0n) is 13.4. The van der Waals surface area contributed by atoms with Crippen molar-refractivity contribution in [1.29, 1.82) is 0 Å². The molecule has 2 aromatic rings. The van der Waals surface area contributed by atoms with Crippen LogP contribution in [0, 0.1) is 11.8 Å². The predicted octanol–water partition coefficient (Wildman–Crippen LogP) is 0.958. The molecule has 1 saturated heterocycles. The van der Waals surface area contributed by atoms with E-state index in [1.807, 2.05) is 30.3 Å². The van der Waals surface area contributed by atoms with Gasteiger partial charge in [0, 0.05) is 44.1 Å². The van der Waals surface area contributed by atoms with Crippen molar-refractivity contribution in [3.8, 4) is 11.8 Å². The Morgan fingerprint density at radius 2 is 1.79 bits per heavy atom. The summed E-state index contributed by atoms with van der Waals surface area (Å²) in [6.45, 7) is 2.25. The van der Waals surface area contributed by atoms with Crippen LogP contribution in [0.1, 0.15) is 11.3 Å². The molecule has 1 fully saturated rings. The molecule has 24 heavy (non-hydrogen) atoms. The number of anilines is 1. The lowest BCUT2D eigenvalue weighted by molar-refractivity contribution is 0.387. The van der Waals surface area contributed by atoms with Crippen molar-refractivity contribution in [1.82, 2.24) is 14.3 Å². The van der Waals surface area contributed by atoms with E-state index in [2.05, 4.69) is 26.7 Å². The monoisotopic (exact) mass is 342 g/mol. The topological polar surface area (TPSA) is 66.4 Å². The summed E-state index contributed by atoms with van der Waals surface area (Å²) in [6.07, 6.45) is 4.69. The van der Waals surface area contributed by atoms with Crippen LogP contribution in [0.3, 0.4) is 0 Å². The Morgan fingerprint density at radius 1 is 1.00 bits per heavy atom. The number of pyridine rings is 2. The van der Waals surface area contributed by atoms with E-state index in [4.69, 9.17) is 0 Å². The van der Waals surface area contributed by atoms with Gasteiger partial charge in [0.25, 0.3) is 0 Å². The van der Waals surface area contributed by atoms with E-state index in [1.54, 1.807) is 12.4 Å². The first-order chi connectivity index (χ1) is 11.5. The third-order valence-corrected chi connectivity index (χ3v) is 5.08. The van der Waals surface area contributed by atoms with Gasteiger partial charge in [-0.3, -0.25) is 0 Å². The first-order valence-corrected chi connectivity index (χ1v) is 9.46. The van der Waals surface area contributed by atoms with Crippen LogP contribution < -0.4 is 4.90 Å². The third kappa shape index (κ3) is 4.10. The zero-order valence-corrected chi connectivity index (χ0v) is 14.2. The van der Waals surface area contributed by atoms with Crippen molar-refractivity contribution in [3.63, 3.8) is 0 Å². The van der Waals surface area contributed by atoms with Gasteiger partial charge in [-0.05, 0) is 30.2 Å². The minimum Gasteiger partial charge on any atom is -0.354 e. The van der Waals surface area contributed by atoms with Gasteiger partial charge in [-0.2, -0.15) is 4.31 Å². The summed E-state index contributed by atoms with van der Waals surface area (Å²) in [6, 6.07) is 9.44. The second-order valence-electron chi connectivity index (χ2n) is 5.52. The molecule has 0 radical (unpaired) electrons.